The number of rotatable bonds is 3. The molecular formula is C14H21N3O3. The molecule has 0 bridgehead atoms. The molecular weight excluding hydrogens is 258 g/mol. The zero-order valence-electron chi connectivity index (χ0n) is 12.0. The van der Waals surface area contributed by atoms with Crippen molar-refractivity contribution in [1.29, 1.82) is 0 Å². The maximum atomic E-state index is 12.1. The van der Waals surface area contributed by atoms with Gasteiger partial charge in [0.15, 0.2) is 0 Å². The first kappa shape index (κ1) is 14.6. The number of nitrogens with one attached hydrogen (secondary N) is 2. The summed E-state index contributed by atoms with van der Waals surface area (Å²) in [4.78, 5) is 41.6. The largest absolute Gasteiger partial charge is 0.342 e. The van der Waals surface area contributed by atoms with Gasteiger partial charge in [0, 0.05) is 30.8 Å². The standard InChI is InChI=1S/C14H21N3O3/c1-9-4-3-7-17(8-9)12(18)6-5-11-10(2)15-14(20)16-13(11)19/h9H,3-8H2,1-2H3,(H2,15,16,19,20). The van der Waals surface area contributed by atoms with Crippen molar-refractivity contribution in [3.63, 3.8) is 0 Å². The summed E-state index contributed by atoms with van der Waals surface area (Å²) in [7, 11) is 0. The summed E-state index contributed by atoms with van der Waals surface area (Å²) >= 11 is 0. The van der Waals surface area contributed by atoms with Crippen molar-refractivity contribution in [2.45, 2.75) is 39.5 Å². The van der Waals surface area contributed by atoms with Crippen LogP contribution in [0.3, 0.4) is 0 Å². The number of hydrogen-bond acceptors (Lipinski definition) is 3. The summed E-state index contributed by atoms with van der Waals surface area (Å²) in [6.07, 6.45) is 2.89. The number of carbonyl (C=O) groups is 1. The van der Waals surface area contributed by atoms with Gasteiger partial charge in [0.05, 0.1) is 0 Å². The second-order valence-electron chi connectivity index (χ2n) is 5.60. The summed E-state index contributed by atoms with van der Waals surface area (Å²) in [5.41, 5.74) is 0.125. The van der Waals surface area contributed by atoms with Crippen molar-refractivity contribution in [3.05, 3.63) is 32.1 Å². The fourth-order valence-corrected chi connectivity index (χ4v) is 2.73. The van der Waals surface area contributed by atoms with Gasteiger partial charge >= 0.3 is 5.69 Å². The van der Waals surface area contributed by atoms with E-state index in [2.05, 4.69) is 16.9 Å². The number of aromatic amines is 2. The molecule has 1 fully saturated rings. The molecule has 1 aromatic rings. The van der Waals surface area contributed by atoms with Gasteiger partial charge in [-0.2, -0.15) is 0 Å². The number of aromatic nitrogens is 2. The molecule has 2 rings (SSSR count). The van der Waals surface area contributed by atoms with Crippen LogP contribution in [0.2, 0.25) is 0 Å². The first-order valence-corrected chi connectivity index (χ1v) is 7.07. The molecule has 1 saturated heterocycles. The average molecular weight is 279 g/mol. The lowest BCUT2D eigenvalue weighted by atomic mass is 9.99. The Labute approximate surface area is 117 Å². The topological polar surface area (TPSA) is 86.0 Å². The molecule has 1 atom stereocenters. The first-order chi connectivity index (χ1) is 9.47. The molecule has 6 nitrogen and oxygen atoms in total. The maximum Gasteiger partial charge on any atom is 0.325 e. The lowest BCUT2D eigenvalue weighted by molar-refractivity contribution is -0.132. The molecule has 1 amide bonds. The van der Waals surface area contributed by atoms with E-state index in [0.717, 1.165) is 19.5 Å². The number of piperidine rings is 1. The highest BCUT2D eigenvalue weighted by Gasteiger charge is 2.21. The maximum absolute atomic E-state index is 12.1. The van der Waals surface area contributed by atoms with E-state index in [1.165, 1.54) is 6.42 Å². The molecule has 0 saturated carbocycles. The van der Waals surface area contributed by atoms with E-state index in [1.807, 2.05) is 4.90 Å². The van der Waals surface area contributed by atoms with Crippen LogP contribution in [-0.2, 0) is 11.2 Å². The zero-order valence-corrected chi connectivity index (χ0v) is 12.0. The molecule has 6 heteroatoms. The Kier molecular flexibility index (Phi) is 4.42. The summed E-state index contributed by atoms with van der Waals surface area (Å²) < 4.78 is 0. The summed E-state index contributed by atoms with van der Waals surface area (Å²) in [6.45, 7) is 5.44. The Bertz CT molecular complexity index is 602. The van der Waals surface area contributed by atoms with Gasteiger partial charge in [-0.05, 0) is 32.1 Å². The monoisotopic (exact) mass is 279 g/mol. The van der Waals surface area contributed by atoms with E-state index in [4.69, 9.17) is 0 Å². The van der Waals surface area contributed by atoms with E-state index in [0.29, 0.717) is 30.0 Å². The molecule has 2 heterocycles. The van der Waals surface area contributed by atoms with Crippen molar-refractivity contribution in [2.24, 2.45) is 5.92 Å². The third-order valence-electron chi connectivity index (χ3n) is 3.85. The highest BCUT2D eigenvalue weighted by atomic mass is 16.2. The number of likely N-dealkylation sites (tertiary alicyclic amines) is 1. The van der Waals surface area contributed by atoms with Gasteiger partial charge in [-0.25, -0.2) is 4.79 Å². The first-order valence-electron chi connectivity index (χ1n) is 7.07. The van der Waals surface area contributed by atoms with Crippen LogP contribution in [0, 0.1) is 12.8 Å². The van der Waals surface area contributed by atoms with Crippen molar-refractivity contribution in [1.82, 2.24) is 14.9 Å². The Hall–Kier alpha value is -1.85. The molecule has 2 N–H and O–H groups in total. The van der Waals surface area contributed by atoms with Gasteiger partial charge in [-0.1, -0.05) is 6.92 Å². The van der Waals surface area contributed by atoms with E-state index < -0.39 is 11.2 Å². The number of hydrogen-bond donors (Lipinski definition) is 2. The lowest BCUT2D eigenvalue weighted by Gasteiger charge is -2.31. The summed E-state index contributed by atoms with van der Waals surface area (Å²) in [6, 6.07) is 0. The van der Waals surface area contributed by atoms with E-state index in [9.17, 15) is 14.4 Å². The number of amides is 1. The van der Waals surface area contributed by atoms with E-state index in [-0.39, 0.29) is 5.91 Å². The number of aryl methyl sites for hydroxylation is 1. The quantitative estimate of drug-likeness (QED) is 0.847. The van der Waals surface area contributed by atoms with Gasteiger partial charge < -0.3 is 9.88 Å². The van der Waals surface area contributed by atoms with Crippen LogP contribution in [0.5, 0.6) is 0 Å². The third kappa shape index (κ3) is 3.37. The predicted molar refractivity (Wildman–Crippen MR) is 75.7 cm³/mol. The normalized spacial score (nSPS) is 19.1. The zero-order chi connectivity index (χ0) is 14.7. The predicted octanol–water partition coefficient (Wildman–Crippen LogP) is 0.563. The van der Waals surface area contributed by atoms with Crippen molar-refractivity contribution < 1.29 is 4.79 Å². The fourth-order valence-electron chi connectivity index (χ4n) is 2.73. The molecule has 0 radical (unpaired) electrons. The SMILES string of the molecule is Cc1[nH]c(=O)[nH]c(=O)c1CCC(=O)N1CCCC(C)C1. The van der Waals surface area contributed by atoms with Crippen molar-refractivity contribution >= 4 is 5.91 Å². The summed E-state index contributed by atoms with van der Waals surface area (Å²) in [5.74, 6) is 0.632. The molecule has 1 aliphatic rings. The van der Waals surface area contributed by atoms with Gasteiger partial charge in [0.2, 0.25) is 5.91 Å². The van der Waals surface area contributed by atoms with Crippen LogP contribution >= 0.6 is 0 Å². The van der Waals surface area contributed by atoms with E-state index in [1.54, 1.807) is 6.92 Å². The molecule has 0 aliphatic carbocycles. The minimum atomic E-state index is -0.507. The number of H-pyrrole nitrogens is 2. The van der Waals surface area contributed by atoms with Crippen LogP contribution in [0.15, 0.2) is 9.59 Å². The Morgan fingerprint density at radius 1 is 1.35 bits per heavy atom. The van der Waals surface area contributed by atoms with Crippen LogP contribution in [0.25, 0.3) is 0 Å². The molecule has 1 unspecified atom stereocenters. The van der Waals surface area contributed by atoms with Gasteiger partial charge in [0.1, 0.15) is 0 Å². The molecule has 110 valence electrons. The minimum Gasteiger partial charge on any atom is -0.342 e. The molecule has 20 heavy (non-hydrogen) atoms. The van der Waals surface area contributed by atoms with Crippen molar-refractivity contribution in [3.8, 4) is 0 Å². The second kappa shape index (κ2) is 6.07. The third-order valence-corrected chi connectivity index (χ3v) is 3.85. The molecule has 1 aliphatic heterocycles. The Morgan fingerprint density at radius 3 is 2.75 bits per heavy atom. The van der Waals surface area contributed by atoms with Crippen LogP contribution in [0.4, 0.5) is 0 Å². The smallest absolute Gasteiger partial charge is 0.325 e. The highest BCUT2D eigenvalue weighted by molar-refractivity contribution is 5.76. The molecule has 1 aromatic heterocycles. The lowest BCUT2D eigenvalue weighted by Crippen LogP contribution is -2.39. The number of nitrogens with zero attached hydrogens (tertiary/aromatic N) is 1. The van der Waals surface area contributed by atoms with Crippen LogP contribution in [0.1, 0.15) is 37.4 Å². The molecule has 0 spiro atoms. The van der Waals surface area contributed by atoms with Gasteiger partial charge in [-0.15, -0.1) is 0 Å². The van der Waals surface area contributed by atoms with Gasteiger partial charge in [-0.3, -0.25) is 14.6 Å². The van der Waals surface area contributed by atoms with Crippen LogP contribution in [-0.4, -0.2) is 33.9 Å². The number of carbonyl (C=O) groups excluding carboxylic acids is 1. The Morgan fingerprint density at radius 2 is 2.10 bits per heavy atom. The second-order valence-corrected chi connectivity index (χ2v) is 5.60. The fraction of sp³-hybridized carbons (Fsp3) is 0.643. The van der Waals surface area contributed by atoms with Crippen LogP contribution < -0.4 is 11.2 Å². The minimum absolute atomic E-state index is 0.0848. The van der Waals surface area contributed by atoms with Crippen molar-refractivity contribution in [2.75, 3.05) is 13.1 Å². The summed E-state index contributed by atoms with van der Waals surface area (Å²) in [5, 5.41) is 0. The highest BCUT2D eigenvalue weighted by Crippen LogP contribution is 2.16. The molecule has 0 aromatic carbocycles. The Balaban J connectivity index is 2.00. The average Bonchev–Trinajstić information content (AvgIpc) is 2.37. The van der Waals surface area contributed by atoms with E-state index >= 15 is 0 Å². The van der Waals surface area contributed by atoms with Gasteiger partial charge in [0.25, 0.3) is 5.56 Å².